The Hall–Kier alpha value is -2.47. The molecule has 6 nitrogen and oxygen atoms in total. The van der Waals surface area contributed by atoms with Crippen molar-refractivity contribution in [2.45, 2.75) is 39.8 Å². The zero-order valence-electron chi connectivity index (χ0n) is 14.6. The van der Waals surface area contributed by atoms with E-state index in [1.165, 1.54) is 12.1 Å². The first-order valence-electron chi connectivity index (χ1n) is 7.97. The highest BCUT2D eigenvalue weighted by Gasteiger charge is 2.27. The minimum absolute atomic E-state index is 0.0112. The zero-order chi connectivity index (χ0) is 18.7. The van der Waals surface area contributed by atoms with E-state index in [4.69, 9.17) is 11.6 Å². The second-order valence-corrected chi connectivity index (χ2v) is 6.59. The highest BCUT2D eigenvalue weighted by molar-refractivity contribution is 6.29. The van der Waals surface area contributed by atoms with E-state index in [1.807, 2.05) is 27.7 Å². The third-order valence-electron chi connectivity index (χ3n) is 3.80. The predicted molar refractivity (Wildman–Crippen MR) is 97.8 cm³/mol. The van der Waals surface area contributed by atoms with Crippen molar-refractivity contribution in [2.24, 2.45) is 0 Å². The van der Waals surface area contributed by atoms with Crippen LogP contribution in [0.25, 0.3) is 11.3 Å². The molecule has 0 aliphatic carbocycles. The van der Waals surface area contributed by atoms with Crippen molar-refractivity contribution < 1.29 is 9.72 Å². The average Bonchev–Trinajstić information content (AvgIpc) is 2.53. The topological polar surface area (TPSA) is 76.3 Å². The Bertz CT molecular complexity index is 798. The molecule has 25 heavy (non-hydrogen) atoms. The normalized spacial score (nSPS) is 11.0. The van der Waals surface area contributed by atoms with Gasteiger partial charge in [-0.05, 0) is 39.8 Å². The summed E-state index contributed by atoms with van der Waals surface area (Å²) in [4.78, 5) is 29.8. The third-order valence-corrected chi connectivity index (χ3v) is 4.01. The maximum absolute atomic E-state index is 13.1. The summed E-state index contributed by atoms with van der Waals surface area (Å²) in [6.07, 6.45) is 0. The van der Waals surface area contributed by atoms with Crippen molar-refractivity contribution in [1.82, 2.24) is 9.88 Å². The lowest BCUT2D eigenvalue weighted by Gasteiger charge is -2.31. The number of benzene rings is 1. The number of carbonyl (C=O) groups is 1. The second-order valence-electron chi connectivity index (χ2n) is 6.20. The van der Waals surface area contributed by atoms with Crippen LogP contribution < -0.4 is 0 Å². The summed E-state index contributed by atoms with van der Waals surface area (Å²) in [6.45, 7) is 7.72. The number of hydrogen-bond acceptors (Lipinski definition) is 4. The molecule has 7 heteroatoms. The van der Waals surface area contributed by atoms with E-state index in [-0.39, 0.29) is 34.5 Å². The SMILES string of the molecule is CC(C)N(C(=O)c1ccccc1-c1nc(Cl)ccc1[N+](=O)[O-])C(C)C. The fraction of sp³-hybridized carbons (Fsp3) is 0.333. The molecule has 0 atom stereocenters. The molecule has 1 aromatic carbocycles. The Morgan fingerprint density at radius 1 is 1.12 bits per heavy atom. The van der Waals surface area contributed by atoms with Crippen LogP contribution in [0.4, 0.5) is 5.69 Å². The summed E-state index contributed by atoms with van der Waals surface area (Å²) in [5, 5.41) is 11.5. The Kier molecular flexibility index (Phi) is 5.74. The lowest BCUT2D eigenvalue weighted by atomic mass is 10.0. The summed E-state index contributed by atoms with van der Waals surface area (Å²) >= 11 is 5.94. The Balaban J connectivity index is 2.66. The van der Waals surface area contributed by atoms with Crippen LogP contribution in [0.3, 0.4) is 0 Å². The highest BCUT2D eigenvalue weighted by Crippen LogP contribution is 2.32. The third kappa shape index (κ3) is 3.96. The fourth-order valence-electron chi connectivity index (χ4n) is 2.85. The van der Waals surface area contributed by atoms with Crippen LogP contribution in [0.15, 0.2) is 36.4 Å². The smallest absolute Gasteiger partial charge is 0.295 e. The molecule has 0 aliphatic heterocycles. The number of halogens is 1. The van der Waals surface area contributed by atoms with E-state index in [0.717, 1.165) is 0 Å². The minimum atomic E-state index is -0.525. The lowest BCUT2D eigenvalue weighted by Crippen LogP contribution is -2.42. The fourth-order valence-corrected chi connectivity index (χ4v) is 3.00. The highest BCUT2D eigenvalue weighted by atomic mass is 35.5. The van der Waals surface area contributed by atoms with Crippen molar-refractivity contribution in [3.05, 3.63) is 57.2 Å². The molecule has 0 unspecified atom stereocenters. The van der Waals surface area contributed by atoms with Gasteiger partial charge in [-0.15, -0.1) is 0 Å². The van der Waals surface area contributed by atoms with Gasteiger partial charge in [0.2, 0.25) is 0 Å². The molecule has 0 saturated carbocycles. The van der Waals surface area contributed by atoms with E-state index >= 15 is 0 Å². The number of rotatable bonds is 5. The Labute approximate surface area is 151 Å². The number of hydrogen-bond donors (Lipinski definition) is 0. The zero-order valence-corrected chi connectivity index (χ0v) is 15.3. The van der Waals surface area contributed by atoms with Gasteiger partial charge in [0.05, 0.1) is 4.92 Å². The minimum Gasteiger partial charge on any atom is -0.334 e. The number of pyridine rings is 1. The van der Waals surface area contributed by atoms with Gasteiger partial charge in [0.15, 0.2) is 5.69 Å². The van der Waals surface area contributed by atoms with E-state index in [1.54, 1.807) is 29.2 Å². The summed E-state index contributed by atoms with van der Waals surface area (Å²) in [7, 11) is 0. The largest absolute Gasteiger partial charge is 0.334 e. The standard InChI is InChI=1S/C18H20ClN3O3/c1-11(2)21(12(3)4)18(23)14-8-6-5-7-13(14)17-15(22(24)25)9-10-16(19)20-17/h5-12H,1-4H3. The first kappa shape index (κ1) is 18.9. The molecular weight excluding hydrogens is 342 g/mol. The molecule has 0 spiro atoms. The molecule has 1 heterocycles. The van der Waals surface area contributed by atoms with Crippen LogP contribution >= 0.6 is 11.6 Å². The van der Waals surface area contributed by atoms with Gasteiger partial charge >= 0.3 is 0 Å². The second kappa shape index (κ2) is 7.61. The van der Waals surface area contributed by atoms with Gasteiger partial charge in [-0.1, -0.05) is 29.8 Å². The van der Waals surface area contributed by atoms with Crippen molar-refractivity contribution >= 4 is 23.2 Å². The summed E-state index contributed by atoms with van der Waals surface area (Å²) in [5.41, 5.74) is 0.662. The van der Waals surface area contributed by atoms with E-state index in [2.05, 4.69) is 4.98 Å². The molecular formula is C18H20ClN3O3. The molecule has 1 amide bonds. The summed E-state index contributed by atoms with van der Waals surface area (Å²) in [5.74, 6) is -0.198. The van der Waals surface area contributed by atoms with Gasteiger partial charge < -0.3 is 4.90 Å². The molecule has 132 valence electrons. The van der Waals surface area contributed by atoms with Crippen LogP contribution in [0.2, 0.25) is 5.15 Å². The number of nitro groups is 1. The van der Waals surface area contributed by atoms with Crippen LogP contribution in [-0.2, 0) is 0 Å². The summed E-state index contributed by atoms with van der Waals surface area (Å²) < 4.78 is 0. The average molecular weight is 362 g/mol. The monoisotopic (exact) mass is 361 g/mol. The quantitative estimate of drug-likeness (QED) is 0.444. The van der Waals surface area contributed by atoms with Crippen LogP contribution in [-0.4, -0.2) is 32.8 Å². The van der Waals surface area contributed by atoms with E-state index in [9.17, 15) is 14.9 Å². The molecule has 0 bridgehead atoms. The molecule has 0 N–H and O–H groups in total. The first-order valence-corrected chi connectivity index (χ1v) is 8.34. The molecule has 0 radical (unpaired) electrons. The molecule has 0 saturated heterocycles. The van der Waals surface area contributed by atoms with E-state index in [0.29, 0.717) is 11.1 Å². The van der Waals surface area contributed by atoms with Crippen molar-refractivity contribution in [3.63, 3.8) is 0 Å². The van der Waals surface area contributed by atoms with Crippen molar-refractivity contribution in [1.29, 1.82) is 0 Å². The molecule has 1 aromatic heterocycles. The Morgan fingerprint density at radius 2 is 1.72 bits per heavy atom. The maximum atomic E-state index is 13.1. The van der Waals surface area contributed by atoms with Gasteiger partial charge in [-0.2, -0.15) is 0 Å². The number of amides is 1. The van der Waals surface area contributed by atoms with Gasteiger partial charge in [0.1, 0.15) is 5.15 Å². The summed E-state index contributed by atoms with van der Waals surface area (Å²) in [6, 6.07) is 9.39. The number of carbonyl (C=O) groups excluding carboxylic acids is 1. The molecule has 0 fully saturated rings. The molecule has 0 aliphatic rings. The number of nitrogens with zero attached hydrogens (tertiary/aromatic N) is 3. The molecule has 2 aromatic rings. The first-order chi connectivity index (χ1) is 11.7. The van der Waals surface area contributed by atoms with Crippen LogP contribution in [0.5, 0.6) is 0 Å². The van der Waals surface area contributed by atoms with Crippen molar-refractivity contribution in [2.75, 3.05) is 0 Å². The van der Waals surface area contributed by atoms with Gasteiger partial charge in [0, 0.05) is 29.3 Å². The Morgan fingerprint density at radius 3 is 2.28 bits per heavy atom. The van der Waals surface area contributed by atoms with Crippen LogP contribution in [0, 0.1) is 10.1 Å². The van der Waals surface area contributed by atoms with Gasteiger partial charge in [-0.25, -0.2) is 4.98 Å². The van der Waals surface area contributed by atoms with Crippen molar-refractivity contribution in [3.8, 4) is 11.3 Å². The van der Waals surface area contributed by atoms with E-state index < -0.39 is 4.92 Å². The predicted octanol–water partition coefficient (Wildman–Crippen LogP) is 4.57. The lowest BCUT2D eigenvalue weighted by molar-refractivity contribution is -0.384. The maximum Gasteiger partial charge on any atom is 0.295 e. The van der Waals surface area contributed by atoms with Crippen LogP contribution in [0.1, 0.15) is 38.1 Å². The van der Waals surface area contributed by atoms with Gasteiger partial charge in [0.25, 0.3) is 11.6 Å². The van der Waals surface area contributed by atoms with Gasteiger partial charge in [-0.3, -0.25) is 14.9 Å². The molecule has 2 rings (SSSR count). The number of aromatic nitrogens is 1.